The van der Waals surface area contributed by atoms with Crippen molar-refractivity contribution < 1.29 is 14.3 Å². The molecule has 0 radical (unpaired) electrons. The van der Waals surface area contributed by atoms with E-state index in [0.717, 1.165) is 0 Å². The second-order valence-electron chi connectivity index (χ2n) is 5.12. The Morgan fingerprint density at radius 1 is 1.28 bits per heavy atom. The topological polar surface area (TPSA) is 61.6 Å². The Kier molecular flexibility index (Phi) is 4.73. The average Bonchev–Trinajstić information content (AvgIpc) is 2.24. The number of hydrogen-bond acceptors (Lipinski definition) is 4. The molecule has 0 amide bonds. The summed E-state index contributed by atoms with van der Waals surface area (Å²) in [5, 5.41) is 0. The van der Waals surface area contributed by atoms with Crippen molar-refractivity contribution in [2.75, 3.05) is 18.9 Å². The summed E-state index contributed by atoms with van der Waals surface area (Å²) in [5.41, 5.74) is 6.52. The lowest BCUT2D eigenvalue weighted by molar-refractivity contribution is -0.0163. The molecule has 1 aromatic carbocycles. The Bertz CT molecular complexity index is 422. The van der Waals surface area contributed by atoms with E-state index in [9.17, 15) is 4.79 Å². The number of ketones is 1. The summed E-state index contributed by atoms with van der Waals surface area (Å²) in [6.45, 7) is 8.33. The van der Waals surface area contributed by atoms with E-state index in [4.69, 9.17) is 15.2 Å². The largest absolute Gasteiger partial charge is 0.490 e. The van der Waals surface area contributed by atoms with Gasteiger partial charge in [-0.05, 0) is 45.9 Å². The minimum atomic E-state index is -0.187. The van der Waals surface area contributed by atoms with Crippen LogP contribution in [0, 0.1) is 0 Å². The van der Waals surface area contributed by atoms with Gasteiger partial charge in [-0.15, -0.1) is 0 Å². The Balaban J connectivity index is 2.59. The van der Waals surface area contributed by atoms with Crippen LogP contribution in [-0.4, -0.2) is 24.6 Å². The lowest BCUT2D eigenvalue weighted by Crippen LogP contribution is -2.22. The van der Waals surface area contributed by atoms with Crippen LogP contribution in [0.3, 0.4) is 0 Å². The molecule has 0 bridgehead atoms. The predicted octanol–water partition coefficient (Wildman–Crippen LogP) is 2.67. The van der Waals surface area contributed by atoms with E-state index >= 15 is 0 Å². The Labute approximate surface area is 108 Å². The normalized spacial score (nSPS) is 11.3. The van der Waals surface area contributed by atoms with Gasteiger partial charge in [-0.2, -0.15) is 0 Å². The molecule has 0 atom stereocenters. The van der Waals surface area contributed by atoms with E-state index in [1.807, 2.05) is 20.8 Å². The fourth-order valence-electron chi connectivity index (χ4n) is 1.45. The highest BCUT2D eigenvalue weighted by Crippen LogP contribution is 2.22. The summed E-state index contributed by atoms with van der Waals surface area (Å²) in [6.07, 6.45) is 0. The molecule has 0 aromatic heterocycles. The van der Waals surface area contributed by atoms with Crippen molar-refractivity contribution in [2.24, 2.45) is 0 Å². The Hall–Kier alpha value is -1.55. The van der Waals surface area contributed by atoms with E-state index in [1.165, 1.54) is 6.92 Å². The quantitative estimate of drug-likeness (QED) is 0.496. The van der Waals surface area contributed by atoms with Gasteiger partial charge in [-0.3, -0.25) is 4.79 Å². The minimum absolute atomic E-state index is 0.0611. The smallest absolute Gasteiger partial charge is 0.163 e. The fraction of sp³-hybridized carbons (Fsp3) is 0.500. The maximum atomic E-state index is 11.4. The molecule has 0 unspecified atom stereocenters. The van der Waals surface area contributed by atoms with Crippen LogP contribution in [0.25, 0.3) is 0 Å². The zero-order chi connectivity index (χ0) is 13.8. The van der Waals surface area contributed by atoms with Gasteiger partial charge in [0.15, 0.2) is 5.78 Å². The third-order valence-electron chi connectivity index (χ3n) is 2.26. The van der Waals surface area contributed by atoms with Crippen molar-refractivity contribution >= 4 is 11.5 Å². The van der Waals surface area contributed by atoms with Gasteiger partial charge in [0.1, 0.15) is 12.4 Å². The van der Waals surface area contributed by atoms with Crippen molar-refractivity contribution in [1.29, 1.82) is 0 Å². The lowest BCUT2D eigenvalue weighted by Gasteiger charge is -2.19. The number of carbonyl (C=O) groups is 1. The van der Waals surface area contributed by atoms with Gasteiger partial charge in [0, 0.05) is 5.69 Å². The number of nitrogen functional groups attached to an aromatic ring is 1. The summed E-state index contributed by atoms with van der Waals surface area (Å²) in [6, 6.07) is 5.05. The first-order valence-electron chi connectivity index (χ1n) is 5.97. The number of carbonyl (C=O) groups excluding carboxylic acids is 1. The molecule has 100 valence electrons. The monoisotopic (exact) mass is 251 g/mol. The fourth-order valence-corrected chi connectivity index (χ4v) is 1.45. The highest BCUT2D eigenvalue weighted by Gasteiger charge is 2.11. The third kappa shape index (κ3) is 4.75. The Morgan fingerprint density at radius 3 is 2.50 bits per heavy atom. The number of anilines is 1. The molecule has 0 aliphatic heterocycles. The summed E-state index contributed by atoms with van der Waals surface area (Å²) in [4.78, 5) is 11.4. The molecule has 2 N–H and O–H groups in total. The van der Waals surface area contributed by atoms with Crippen LogP contribution in [0.4, 0.5) is 5.69 Å². The molecular formula is C14H21NO3. The maximum absolute atomic E-state index is 11.4. The average molecular weight is 251 g/mol. The van der Waals surface area contributed by atoms with Crippen LogP contribution in [0.5, 0.6) is 5.75 Å². The van der Waals surface area contributed by atoms with E-state index in [1.54, 1.807) is 18.2 Å². The van der Waals surface area contributed by atoms with Crippen LogP contribution in [0.15, 0.2) is 18.2 Å². The van der Waals surface area contributed by atoms with Crippen LogP contribution in [-0.2, 0) is 4.74 Å². The first-order chi connectivity index (χ1) is 8.29. The van der Waals surface area contributed by atoms with Gasteiger partial charge in [0.05, 0.1) is 17.8 Å². The van der Waals surface area contributed by atoms with Crippen molar-refractivity contribution in [2.45, 2.75) is 33.3 Å². The molecule has 0 aliphatic rings. The summed E-state index contributed by atoms with van der Waals surface area (Å²) in [7, 11) is 0. The molecule has 0 spiro atoms. The molecule has 18 heavy (non-hydrogen) atoms. The number of ether oxygens (including phenoxy) is 2. The molecule has 0 fully saturated rings. The standard InChI is InChI=1S/C14H21NO3/c1-10(16)12-9-11(15)5-6-13(12)17-7-8-18-14(2,3)4/h5-6,9H,7-8,15H2,1-4H3. The molecule has 4 nitrogen and oxygen atoms in total. The van der Waals surface area contributed by atoms with E-state index in [2.05, 4.69) is 0 Å². The van der Waals surface area contributed by atoms with Crippen molar-refractivity contribution in [3.63, 3.8) is 0 Å². The SMILES string of the molecule is CC(=O)c1cc(N)ccc1OCCOC(C)(C)C. The number of benzene rings is 1. The van der Waals surface area contributed by atoms with Crippen molar-refractivity contribution in [3.05, 3.63) is 23.8 Å². The maximum Gasteiger partial charge on any atom is 0.163 e. The predicted molar refractivity (Wildman–Crippen MR) is 72.1 cm³/mol. The van der Waals surface area contributed by atoms with Gasteiger partial charge in [-0.1, -0.05) is 0 Å². The number of hydrogen-bond donors (Lipinski definition) is 1. The van der Waals surface area contributed by atoms with E-state index < -0.39 is 0 Å². The number of Topliss-reactive ketones (excluding diaryl/α,β-unsaturated/α-hetero) is 1. The molecule has 4 heteroatoms. The zero-order valence-corrected chi connectivity index (χ0v) is 11.4. The summed E-state index contributed by atoms with van der Waals surface area (Å²) in [5.74, 6) is 0.489. The molecule has 1 rings (SSSR count). The van der Waals surface area contributed by atoms with Crippen molar-refractivity contribution in [1.82, 2.24) is 0 Å². The van der Waals surface area contributed by atoms with Gasteiger partial charge >= 0.3 is 0 Å². The Morgan fingerprint density at radius 2 is 1.94 bits per heavy atom. The van der Waals surface area contributed by atoms with Crippen LogP contribution < -0.4 is 10.5 Å². The van der Waals surface area contributed by atoms with E-state index in [-0.39, 0.29) is 11.4 Å². The highest BCUT2D eigenvalue weighted by atomic mass is 16.5. The van der Waals surface area contributed by atoms with Gasteiger partial charge in [0.2, 0.25) is 0 Å². The lowest BCUT2D eigenvalue weighted by atomic mass is 10.1. The second-order valence-corrected chi connectivity index (χ2v) is 5.12. The highest BCUT2D eigenvalue weighted by molar-refractivity contribution is 5.97. The number of rotatable bonds is 5. The summed E-state index contributed by atoms with van der Waals surface area (Å²) >= 11 is 0. The van der Waals surface area contributed by atoms with Crippen LogP contribution in [0.1, 0.15) is 38.1 Å². The molecule has 0 saturated carbocycles. The molecule has 0 heterocycles. The molecule has 1 aromatic rings. The first-order valence-corrected chi connectivity index (χ1v) is 5.97. The first kappa shape index (κ1) is 14.5. The van der Waals surface area contributed by atoms with E-state index in [0.29, 0.717) is 30.2 Å². The van der Waals surface area contributed by atoms with Crippen LogP contribution >= 0.6 is 0 Å². The second kappa shape index (κ2) is 5.87. The number of nitrogens with two attached hydrogens (primary N) is 1. The molecule has 0 saturated heterocycles. The molecule has 0 aliphatic carbocycles. The molecular weight excluding hydrogens is 230 g/mol. The zero-order valence-electron chi connectivity index (χ0n) is 11.4. The third-order valence-corrected chi connectivity index (χ3v) is 2.26. The van der Waals surface area contributed by atoms with Gasteiger partial charge in [-0.25, -0.2) is 0 Å². The van der Waals surface area contributed by atoms with Crippen molar-refractivity contribution in [3.8, 4) is 5.75 Å². The summed E-state index contributed by atoms with van der Waals surface area (Å²) < 4.78 is 11.1. The van der Waals surface area contributed by atoms with Gasteiger partial charge in [0.25, 0.3) is 0 Å². The minimum Gasteiger partial charge on any atom is -0.490 e. The van der Waals surface area contributed by atoms with Gasteiger partial charge < -0.3 is 15.2 Å². The van der Waals surface area contributed by atoms with Crippen LogP contribution in [0.2, 0.25) is 0 Å².